The molecule has 0 spiro atoms. The molecule has 0 aromatic heterocycles. The van der Waals surface area contributed by atoms with Crippen LogP contribution < -0.4 is 25.4 Å². The van der Waals surface area contributed by atoms with Gasteiger partial charge in [-0.1, -0.05) is 24.3 Å². The number of urea groups is 1. The molecule has 0 unspecified atom stereocenters. The Labute approximate surface area is 139 Å². The number of carbonyl (C=O) groups excluding carboxylic acids is 2. The summed E-state index contributed by atoms with van der Waals surface area (Å²) in [5.74, 6) is 0.761. The molecular formula is C17H17N3O4. The van der Waals surface area contributed by atoms with Crippen LogP contribution in [0.15, 0.2) is 48.5 Å². The SMILES string of the molecule is COc1ccccc1NC(=O)N[C@@H]1COc2ccccc2NC1=O. The van der Waals surface area contributed by atoms with Crippen LogP contribution in [0.2, 0.25) is 0 Å². The molecule has 0 saturated carbocycles. The average molecular weight is 327 g/mol. The predicted octanol–water partition coefficient (Wildman–Crippen LogP) is 2.22. The number of carbonyl (C=O) groups is 2. The van der Waals surface area contributed by atoms with Crippen molar-refractivity contribution in [1.29, 1.82) is 0 Å². The number of fused-ring (bicyclic) bond motifs is 1. The molecule has 3 rings (SSSR count). The van der Waals surface area contributed by atoms with E-state index in [1.807, 2.05) is 6.07 Å². The summed E-state index contributed by atoms with van der Waals surface area (Å²) in [7, 11) is 1.52. The zero-order valence-electron chi connectivity index (χ0n) is 13.0. The summed E-state index contributed by atoms with van der Waals surface area (Å²) in [4.78, 5) is 24.4. The van der Waals surface area contributed by atoms with Crippen molar-refractivity contribution in [3.8, 4) is 11.5 Å². The van der Waals surface area contributed by atoms with Crippen LogP contribution in [0.1, 0.15) is 0 Å². The van der Waals surface area contributed by atoms with E-state index in [-0.39, 0.29) is 12.5 Å². The smallest absolute Gasteiger partial charge is 0.320 e. The van der Waals surface area contributed by atoms with E-state index in [2.05, 4.69) is 16.0 Å². The van der Waals surface area contributed by atoms with Gasteiger partial charge in [0.1, 0.15) is 24.1 Å². The molecule has 1 heterocycles. The van der Waals surface area contributed by atoms with Gasteiger partial charge in [0.25, 0.3) is 5.91 Å². The van der Waals surface area contributed by atoms with Gasteiger partial charge in [0.05, 0.1) is 18.5 Å². The van der Waals surface area contributed by atoms with Crippen molar-refractivity contribution in [3.63, 3.8) is 0 Å². The van der Waals surface area contributed by atoms with Crippen LogP contribution in [-0.4, -0.2) is 31.7 Å². The molecule has 7 heteroatoms. The largest absolute Gasteiger partial charge is 0.495 e. The molecular weight excluding hydrogens is 310 g/mol. The summed E-state index contributed by atoms with van der Waals surface area (Å²) < 4.78 is 10.8. The molecule has 1 aliphatic heterocycles. The second-order valence-corrected chi connectivity index (χ2v) is 5.15. The Hall–Kier alpha value is -3.22. The number of nitrogens with one attached hydrogen (secondary N) is 3. The van der Waals surface area contributed by atoms with Gasteiger partial charge < -0.3 is 25.4 Å². The highest BCUT2D eigenvalue weighted by atomic mass is 16.5. The summed E-state index contributed by atoms with van der Waals surface area (Å²) in [6, 6.07) is 12.8. The van der Waals surface area contributed by atoms with Crippen LogP contribution in [0.25, 0.3) is 0 Å². The van der Waals surface area contributed by atoms with E-state index < -0.39 is 12.1 Å². The van der Waals surface area contributed by atoms with E-state index >= 15 is 0 Å². The second-order valence-electron chi connectivity index (χ2n) is 5.15. The Morgan fingerprint density at radius 1 is 1.21 bits per heavy atom. The standard InChI is InChI=1S/C17H17N3O4/c1-23-14-8-4-2-6-11(14)19-17(22)20-13-10-24-15-9-5-3-7-12(15)18-16(13)21/h2-9,13H,10H2,1H3,(H,18,21)(H2,19,20,22)/t13-/m1/s1. The van der Waals surface area contributed by atoms with Gasteiger partial charge in [0.2, 0.25) is 0 Å². The molecule has 3 N–H and O–H groups in total. The lowest BCUT2D eigenvalue weighted by Crippen LogP contribution is -2.48. The second kappa shape index (κ2) is 6.91. The maximum Gasteiger partial charge on any atom is 0.320 e. The molecule has 0 bridgehead atoms. The monoisotopic (exact) mass is 327 g/mol. The number of benzene rings is 2. The van der Waals surface area contributed by atoms with Gasteiger partial charge in [-0.05, 0) is 24.3 Å². The van der Waals surface area contributed by atoms with Crippen LogP contribution in [0, 0.1) is 0 Å². The van der Waals surface area contributed by atoms with Crippen molar-refractivity contribution < 1.29 is 19.1 Å². The molecule has 2 aromatic carbocycles. The third kappa shape index (κ3) is 3.40. The lowest BCUT2D eigenvalue weighted by molar-refractivity contribution is -0.118. The van der Waals surface area contributed by atoms with Gasteiger partial charge in [0, 0.05) is 0 Å². The van der Waals surface area contributed by atoms with Gasteiger partial charge in [-0.3, -0.25) is 4.79 Å². The Morgan fingerprint density at radius 2 is 1.96 bits per heavy atom. The Bertz CT molecular complexity index is 763. The van der Waals surface area contributed by atoms with E-state index in [0.717, 1.165) is 0 Å². The van der Waals surface area contributed by atoms with Crippen molar-refractivity contribution in [1.82, 2.24) is 5.32 Å². The topological polar surface area (TPSA) is 88.7 Å². The number of rotatable bonds is 3. The molecule has 0 saturated heterocycles. The number of anilines is 2. The molecule has 3 amide bonds. The van der Waals surface area contributed by atoms with Gasteiger partial charge in [-0.2, -0.15) is 0 Å². The maximum atomic E-state index is 12.2. The van der Waals surface area contributed by atoms with Crippen LogP contribution >= 0.6 is 0 Å². The fourth-order valence-corrected chi connectivity index (χ4v) is 2.34. The summed E-state index contributed by atoms with van der Waals surface area (Å²) in [5, 5.41) is 7.99. The van der Waals surface area contributed by atoms with Crippen LogP contribution in [0.4, 0.5) is 16.2 Å². The zero-order valence-corrected chi connectivity index (χ0v) is 13.0. The summed E-state index contributed by atoms with van der Waals surface area (Å²) >= 11 is 0. The third-order valence-corrected chi connectivity index (χ3v) is 3.53. The highest BCUT2D eigenvalue weighted by Crippen LogP contribution is 2.26. The van der Waals surface area contributed by atoms with Crippen LogP contribution in [-0.2, 0) is 4.79 Å². The highest BCUT2D eigenvalue weighted by molar-refractivity contribution is 6.00. The fourth-order valence-electron chi connectivity index (χ4n) is 2.34. The lowest BCUT2D eigenvalue weighted by Gasteiger charge is -2.16. The zero-order chi connectivity index (χ0) is 16.9. The molecule has 124 valence electrons. The quantitative estimate of drug-likeness (QED) is 0.806. The van der Waals surface area contributed by atoms with E-state index in [9.17, 15) is 9.59 Å². The van der Waals surface area contributed by atoms with Gasteiger partial charge in [-0.25, -0.2) is 4.79 Å². The lowest BCUT2D eigenvalue weighted by atomic mass is 10.2. The predicted molar refractivity (Wildman–Crippen MR) is 89.5 cm³/mol. The minimum Gasteiger partial charge on any atom is -0.495 e. The van der Waals surface area contributed by atoms with Crippen molar-refractivity contribution in [2.45, 2.75) is 6.04 Å². The highest BCUT2D eigenvalue weighted by Gasteiger charge is 2.26. The van der Waals surface area contributed by atoms with Gasteiger partial charge in [0.15, 0.2) is 0 Å². The maximum absolute atomic E-state index is 12.2. The first-order chi connectivity index (χ1) is 11.7. The third-order valence-electron chi connectivity index (χ3n) is 3.53. The average Bonchev–Trinajstić information content (AvgIpc) is 2.74. The Balaban J connectivity index is 1.66. The first kappa shape index (κ1) is 15.7. The fraction of sp³-hybridized carbons (Fsp3) is 0.176. The molecule has 7 nitrogen and oxygen atoms in total. The van der Waals surface area contributed by atoms with Crippen LogP contribution in [0.5, 0.6) is 11.5 Å². The molecule has 0 aliphatic carbocycles. The number of amides is 3. The van der Waals surface area contributed by atoms with Gasteiger partial charge in [-0.15, -0.1) is 0 Å². The molecule has 24 heavy (non-hydrogen) atoms. The molecule has 0 fully saturated rings. The molecule has 1 aliphatic rings. The normalized spacial score (nSPS) is 16.0. The minimum absolute atomic E-state index is 0.0438. The van der Waals surface area contributed by atoms with E-state index in [1.54, 1.807) is 42.5 Å². The number of hydrogen-bond donors (Lipinski definition) is 3. The summed E-state index contributed by atoms with van der Waals surface area (Å²) in [6.45, 7) is 0.0438. The van der Waals surface area contributed by atoms with Crippen molar-refractivity contribution in [2.24, 2.45) is 0 Å². The number of hydrogen-bond acceptors (Lipinski definition) is 4. The molecule has 1 atom stereocenters. The van der Waals surface area contributed by atoms with Crippen molar-refractivity contribution in [2.75, 3.05) is 24.4 Å². The van der Waals surface area contributed by atoms with Crippen molar-refractivity contribution in [3.05, 3.63) is 48.5 Å². The van der Waals surface area contributed by atoms with E-state index in [4.69, 9.17) is 9.47 Å². The first-order valence-electron chi connectivity index (χ1n) is 7.40. The van der Waals surface area contributed by atoms with Crippen LogP contribution in [0.3, 0.4) is 0 Å². The number of methoxy groups -OCH3 is 1. The van der Waals surface area contributed by atoms with E-state index in [0.29, 0.717) is 22.9 Å². The Morgan fingerprint density at radius 3 is 2.79 bits per heavy atom. The minimum atomic E-state index is -0.813. The molecule has 0 radical (unpaired) electrons. The van der Waals surface area contributed by atoms with E-state index in [1.165, 1.54) is 7.11 Å². The summed E-state index contributed by atoms with van der Waals surface area (Å²) in [5.41, 5.74) is 1.09. The number of ether oxygens (including phenoxy) is 2. The Kier molecular flexibility index (Phi) is 4.51. The molecule has 2 aromatic rings. The van der Waals surface area contributed by atoms with Gasteiger partial charge >= 0.3 is 6.03 Å². The van der Waals surface area contributed by atoms with Crippen molar-refractivity contribution >= 4 is 23.3 Å². The first-order valence-corrected chi connectivity index (χ1v) is 7.40. The number of para-hydroxylation sites is 4. The summed E-state index contributed by atoms with van der Waals surface area (Å²) in [6.07, 6.45) is 0.